The average molecular weight is 259 g/mol. The summed E-state index contributed by atoms with van der Waals surface area (Å²) >= 11 is 0. The summed E-state index contributed by atoms with van der Waals surface area (Å²) in [5, 5.41) is 3.14. The first-order valence-electron chi connectivity index (χ1n) is 6.01. The van der Waals surface area contributed by atoms with Crippen LogP contribution in [0.1, 0.15) is 11.1 Å². The molecule has 0 saturated heterocycles. The van der Waals surface area contributed by atoms with Crippen LogP contribution in [0.2, 0.25) is 0 Å². The number of aryl methyl sites for hydroxylation is 2. The maximum atomic E-state index is 11.8. The van der Waals surface area contributed by atoms with Crippen LogP contribution in [0.4, 0.5) is 11.5 Å². The van der Waals surface area contributed by atoms with E-state index in [4.69, 9.17) is 0 Å². The van der Waals surface area contributed by atoms with Gasteiger partial charge in [-0.2, -0.15) is 0 Å². The van der Waals surface area contributed by atoms with Crippen molar-refractivity contribution >= 4 is 11.5 Å². The number of hydrogen-bond acceptors (Lipinski definition) is 3. The van der Waals surface area contributed by atoms with Crippen LogP contribution in [0, 0.1) is 13.8 Å². The molecule has 0 aliphatic carbocycles. The fourth-order valence-corrected chi connectivity index (χ4v) is 1.86. The van der Waals surface area contributed by atoms with Crippen molar-refractivity contribution < 1.29 is 0 Å². The summed E-state index contributed by atoms with van der Waals surface area (Å²) < 4.78 is 2.50. The molecular formula is C14H17N3O2. The van der Waals surface area contributed by atoms with E-state index in [1.807, 2.05) is 32.0 Å². The number of aromatic nitrogens is 2. The van der Waals surface area contributed by atoms with Crippen LogP contribution in [0.5, 0.6) is 0 Å². The van der Waals surface area contributed by atoms with Gasteiger partial charge in [0.15, 0.2) is 0 Å². The van der Waals surface area contributed by atoms with E-state index in [-0.39, 0.29) is 11.2 Å². The lowest BCUT2D eigenvalue weighted by Gasteiger charge is -2.14. The number of hydrogen-bond donors (Lipinski definition) is 1. The number of rotatable bonds is 2. The molecule has 5 heteroatoms. The molecule has 0 amide bonds. The lowest BCUT2D eigenvalue weighted by molar-refractivity contribution is 0.692. The first-order chi connectivity index (χ1) is 8.90. The van der Waals surface area contributed by atoms with Crippen LogP contribution in [-0.4, -0.2) is 9.13 Å². The van der Waals surface area contributed by atoms with E-state index in [2.05, 4.69) is 5.32 Å². The zero-order valence-corrected chi connectivity index (χ0v) is 11.5. The fourth-order valence-electron chi connectivity index (χ4n) is 1.86. The van der Waals surface area contributed by atoms with Crippen molar-refractivity contribution in [3.8, 4) is 0 Å². The Hall–Kier alpha value is -2.30. The lowest BCUT2D eigenvalue weighted by Crippen LogP contribution is -2.37. The van der Waals surface area contributed by atoms with Crippen LogP contribution in [-0.2, 0) is 14.1 Å². The number of benzene rings is 1. The molecule has 0 spiro atoms. The van der Waals surface area contributed by atoms with Crippen LogP contribution in [0.3, 0.4) is 0 Å². The van der Waals surface area contributed by atoms with Crippen LogP contribution in [0.25, 0.3) is 0 Å². The Balaban J connectivity index is 2.53. The van der Waals surface area contributed by atoms with Gasteiger partial charge in [0.1, 0.15) is 5.82 Å². The van der Waals surface area contributed by atoms with E-state index in [1.54, 1.807) is 7.05 Å². The van der Waals surface area contributed by atoms with E-state index in [1.165, 1.54) is 17.7 Å². The molecule has 0 radical (unpaired) electrons. The maximum absolute atomic E-state index is 11.8. The second-order valence-corrected chi connectivity index (χ2v) is 4.71. The molecule has 2 rings (SSSR count). The Kier molecular flexibility index (Phi) is 3.29. The van der Waals surface area contributed by atoms with Crippen molar-refractivity contribution in [2.45, 2.75) is 13.8 Å². The van der Waals surface area contributed by atoms with E-state index < -0.39 is 0 Å². The molecule has 0 bridgehead atoms. The Morgan fingerprint density at radius 1 is 1.00 bits per heavy atom. The summed E-state index contributed by atoms with van der Waals surface area (Å²) in [5.41, 5.74) is 2.39. The summed E-state index contributed by atoms with van der Waals surface area (Å²) in [6.45, 7) is 3.97. The molecule has 1 aromatic carbocycles. The van der Waals surface area contributed by atoms with Crippen LogP contribution < -0.4 is 16.6 Å². The molecule has 1 aromatic heterocycles. The van der Waals surface area contributed by atoms with Gasteiger partial charge in [-0.1, -0.05) is 12.1 Å². The zero-order chi connectivity index (χ0) is 14.2. The Labute approximate surface area is 111 Å². The molecule has 5 nitrogen and oxygen atoms in total. The van der Waals surface area contributed by atoms with Crippen LogP contribution >= 0.6 is 0 Å². The largest absolute Gasteiger partial charge is 0.341 e. The molecule has 0 fully saturated rings. The van der Waals surface area contributed by atoms with Crippen molar-refractivity contribution in [1.29, 1.82) is 0 Å². The van der Waals surface area contributed by atoms with E-state index >= 15 is 0 Å². The van der Waals surface area contributed by atoms with Gasteiger partial charge in [0.05, 0.1) is 0 Å². The Bertz CT molecular complexity index is 741. The molecule has 0 aliphatic rings. The number of nitrogens with one attached hydrogen (secondary N) is 1. The summed E-state index contributed by atoms with van der Waals surface area (Å²) in [7, 11) is 3.10. The number of anilines is 2. The highest BCUT2D eigenvalue weighted by atomic mass is 16.2. The van der Waals surface area contributed by atoms with Gasteiger partial charge in [-0.25, -0.2) is 4.79 Å². The highest BCUT2D eigenvalue weighted by molar-refractivity contribution is 5.61. The molecule has 0 unspecified atom stereocenters. The third kappa shape index (κ3) is 2.45. The predicted molar refractivity (Wildman–Crippen MR) is 76.1 cm³/mol. The second kappa shape index (κ2) is 4.76. The van der Waals surface area contributed by atoms with Gasteiger partial charge in [0.2, 0.25) is 0 Å². The van der Waals surface area contributed by atoms with Gasteiger partial charge in [0.25, 0.3) is 5.56 Å². The molecular weight excluding hydrogens is 242 g/mol. The minimum Gasteiger partial charge on any atom is -0.341 e. The van der Waals surface area contributed by atoms with E-state index in [0.717, 1.165) is 21.4 Å². The van der Waals surface area contributed by atoms with E-state index in [0.29, 0.717) is 5.82 Å². The topological polar surface area (TPSA) is 56.0 Å². The first-order valence-corrected chi connectivity index (χ1v) is 6.01. The summed E-state index contributed by atoms with van der Waals surface area (Å²) in [5.74, 6) is 0.488. The van der Waals surface area contributed by atoms with Gasteiger partial charge < -0.3 is 5.32 Å². The number of nitrogens with zero attached hydrogens (tertiary/aromatic N) is 2. The average Bonchev–Trinajstić information content (AvgIpc) is 2.37. The Morgan fingerprint density at radius 3 is 2.37 bits per heavy atom. The summed E-state index contributed by atoms with van der Waals surface area (Å²) in [4.78, 5) is 23.5. The minimum absolute atomic E-state index is 0.323. The standard InChI is InChI=1S/C14H17N3O2/c1-9-5-6-10(2)11(7-9)15-12-8-13(18)17(4)14(19)16(12)3/h5-8,15H,1-4H3. The van der Waals surface area contributed by atoms with Crippen molar-refractivity contribution in [3.63, 3.8) is 0 Å². The van der Waals surface area contributed by atoms with Crippen molar-refractivity contribution in [2.75, 3.05) is 5.32 Å². The molecule has 0 atom stereocenters. The van der Waals surface area contributed by atoms with E-state index in [9.17, 15) is 9.59 Å². The highest BCUT2D eigenvalue weighted by Gasteiger charge is 2.07. The van der Waals surface area contributed by atoms with Gasteiger partial charge >= 0.3 is 5.69 Å². The highest BCUT2D eigenvalue weighted by Crippen LogP contribution is 2.20. The quantitative estimate of drug-likeness (QED) is 0.888. The molecule has 2 aromatic rings. The predicted octanol–water partition coefficient (Wildman–Crippen LogP) is 1.44. The summed E-state index contributed by atoms with van der Waals surface area (Å²) in [6.07, 6.45) is 0. The van der Waals surface area contributed by atoms with Gasteiger partial charge in [-0.05, 0) is 31.0 Å². The fraction of sp³-hybridized carbons (Fsp3) is 0.286. The van der Waals surface area contributed by atoms with Crippen LogP contribution in [0.15, 0.2) is 33.9 Å². The molecule has 0 saturated carbocycles. The third-order valence-corrected chi connectivity index (χ3v) is 3.18. The molecule has 1 heterocycles. The molecule has 100 valence electrons. The first kappa shape index (κ1) is 13.1. The lowest BCUT2D eigenvalue weighted by atomic mass is 10.1. The zero-order valence-electron chi connectivity index (χ0n) is 11.5. The van der Waals surface area contributed by atoms with Crippen molar-refractivity contribution in [1.82, 2.24) is 9.13 Å². The normalized spacial score (nSPS) is 10.5. The van der Waals surface area contributed by atoms with Gasteiger partial charge in [-0.15, -0.1) is 0 Å². The monoisotopic (exact) mass is 259 g/mol. The second-order valence-electron chi connectivity index (χ2n) is 4.71. The SMILES string of the molecule is Cc1ccc(C)c(Nc2cc(=O)n(C)c(=O)n2C)c1. The maximum Gasteiger partial charge on any atom is 0.332 e. The van der Waals surface area contributed by atoms with Gasteiger partial charge in [-0.3, -0.25) is 13.9 Å². The molecule has 19 heavy (non-hydrogen) atoms. The third-order valence-electron chi connectivity index (χ3n) is 3.18. The van der Waals surface area contributed by atoms with Crippen molar-refractivity contribution in [3.05, 3.63) is 56.2 Å². The molecule has 1 N–H and O–H groups in total. The van der Waals surface area contributed by atoms with Gasteiger partial charge in [0, 0.05) is 25.8 Å². The molecule has 0 aliphatic heterocycles. The smallest absolute Gasteiger partial charge is 0.332 e. The minimum atomic E-state index is -0.347. The van der Waals surface area contributed by atoms with Crippen molar-refractivity contribution in [2.24, 2.45) is 14.1 Å². The Morgan fingerprint density at radius 2 is 1.68 bits per heavy atom. The summed E-state index contributed by atoms with van der Waals surface area (Å²) in [6, 6.07) is 7.42.